The molecule has 102 valence electrons. The van der Waals surface area contributed by atoms with Crippen molar-refractivity contribution in [2.45, 2.75) is 19.9 Å². The minimum Gasteiger partial charge on any atom is -0.453 e. The Bertz CT molecular complexity index is 456. The van der Waals surface area contributed by atoms with Crippen LogP contribution >= 0.6 is 0 Å². The SMILES string of the molecule is COC(=O)NC1=CN(Cc2ccccc2)CCC1C. The summed E-state index contributed by atoms with van der Waals surface area (Å²) in [6.45, 7) is 3.98. The Kier molecular flexibility index (Phi) is 4.44. The third kappa shape index (κ3) is 3.74. The first-order valence-electron chi connectivity index (χ1n) is 6.53. The van der Waals surface area contributed by atoms with Crippen LogP contribution in [0.3, 0.4) is 0 Å². The van der Waals surface area contributed by atoms with Crippen LogP contribution < -0.4 is 5.32 Å². The van der Waals surface area contributed by atoms with Gasteiger partial charge in [-0.15, -0.1) is 0 Å². The Labute approximate surface area is 114 Å². The van der Waals surface area contributed by atoms with Crippen LogP contribution in [0.2, 0.25) is 0 Å². The highest BCUT2D eigenvalue weighted by Crippen LogP contribution is 2.21. The number of benzene rings is 1. The second-order valence-corrected chi connectivity index (χ2v) is 4.85. The van der Waals surface area contributed by atoms with E-state index in [2.05, 4.69) is 34.0 Å². The van der Waals surface area contributed by atoms with Crippen LogP contribution in [-0.4, -0.2) is 24.6 Å². The van der Waals surface area contributed by atoms with Gasteiger partial charge < -0.3 is 9.64 Å². The number of carbonyl (C=O) groups is 1. The van der Waals surface area contributed by atoms with E-state index >= 15 is 0 Å². The van der Waals surface area contributed by atoms with Crippen molar-refractivity contribution < 1.29 is 9.53 Å². The third-order valence-electron chi connectivity index (χ3n) is 3.36. The topological polar surface area (TPSA) is 41.6 Å². The largest absolute Gasteiger partial charge is 0.453 e. The number of methoxy groups -OCH3 is 1. The molecular weight excluding hydrogens is 240 g/mol. The zero-order chi connectivity index (χ0) is 13.7. The van der Waals surface area contributed by atoms with Gasteiger partial charge in [0.1, 0.15) is 0 Å². The first-order valence-corrected chi connectivity index (χ1v) is 6.53. The molecule has 0 aliphatic carbocycles. The highest BCUT2D eigenvalue weighted by atomic mass is 16.5. The smallest absolute Gasteiger partial charge is 0.411 e. The molecule has 0 bridgehead atoms. The van der Waals surface area contributed by atoms with Gasteiger partial charge in [-0.1, -0.05) is 37.3 Å². The second-order valence-electron chi connectivity index (χ2n) is 4.85. The van der Waals surface area contributed by atoms with Crippen LogP contribution in [-0.2, 0) is 11.3 Å². The maximum Gasteiger partial charge on any atom is 0.411 e. The molecule has 1 aromatic rings. The minimum atomic E-state index is -0.403. The Balaban J connectivity index is 2.04. The molecule has 0 aromatic heterocycles. The maximum absolute atomic E-state index is 11.3. The number of carbonyl (C=O) groups excluding carboxylic acids is 1. The summed E-state index contributed by atoms with van der Waals surface area (Å²) in [7, 11) is 1.38. The summed E-state index contributed by atoms with van der Waals surface area (Å²) in [6, 6.07) is 10.3. The summed E-state index contributed by atoms with van der Waals surface area (Å²) in [5.74, 6) is 0.353. The van der Waals surface area contributed by atoms with Crippen molar-refractivity contribution in [2.75, 3.05) is 13.7 Å². The Morgan fingerprint density at radius 3 is 2.84 bits per heavy atom. The van der Waals surface area contributed by atoms with Crippen LogP contribution in [0.4, 0.5) is 4.79 Å². The summed E-state index contributed by atoms with van der Waals surface area (Å²) in [6.07, 6.45) is 2.65. The fourth-order valence-electron chi connectivity index (χ4n) is 2.17. The molecule has 0 radical (unpaired) electrons. The van der Waals surface area contributed by atoms with Crippen molar-refractivity contribution in [3.8, 4) is 0 Å². The van der Waals surface area contributed by atoms with E-state index in [4.69, 9.17) is 0 Å². The molecular formula is C15H20N2O2. The van der Waals surface area contributed by atoms with Crippen molar-refractivity contribution in [1.29, 1.82) is 0 Å². The number of amides is 1. The standard InChI is InChI=1S/C15H20N2O2/c1-12-8-9-17(10-13-6-4-3-5-7-13)11-14(12)16-15(18)19-2/h3-7,11-12H,8-10H2,1-2H3,(H,16,18). The average molecular weight is 260 g/mol. The summed E-state index contributed by atoms with van der Waals surface area (Å²) >= 11 is 0. The molecule has 1 unspecified atom stereocenters. The van der Waals surface area contributed by atoms with E-state index in [1.54, 1.807) is 0 Å². The van der Waals surface area contributed by atoms with Gasteiger partial charge in [-0.2, -0.15) is 0 Å². The molecule has 1 atom stereocenters. The van der Waals surface area contributed by atoms with E-state index < -0.39 is 6.09 Å². The van der Waals surface area contributed by atoms with E-state index in [0.29, 0.717) is 5.92 Å². The summed E-state index contributed by atoms with van der Waals surface area (Å²) in [4.78, 5) is 13.5. The van der Waals surface area contributed by atoms with Gasteiger partial charge in [0.05, 0.1) is 7.11 Å². The molecule has 4 nitrogen and oxygen atoms in total. The van der Waals surface area contributed by atoms with Crippen molar-refractivity contribution >= 4 is 6.09 Å². The number of allylic oxidation sites excluding steroid dienone is 1. The predicted molar refractivity (Wildman–Crippen MR) is 74.3 cm³/mol. The molecule has 4 heteroatoms. The van der Waals surface area contributed by atoms with Crippen molar-refractivity contribution in [3.05, 3.63) is 47.8 Å². The lowest BCUT2D eigenvalue weighted by molar-refractivity contribution is 0.171. The molecule has 1 aliphatic rings. The van der Waals surface area contributed by atoms with Crippen LogP contribution in [0.1, 0.15) is 18.9 Å². The maximum atomic E-state index is 11.3. The molecule has 0 saturated heterocycles. The monoisotopic (exact) mass is 260 g/mol. The van der Waals surface area contributed by atoms with E-state index in [9.17, 15) is 4.79 Å². The molecule has 1 aromatic carbocycles. The van der Waals surface area contributed by atoms with Crippen LogP contribution in [0.15, 0.2) is 42.2 Å². The van der Waals surface area contributed by atoms with Gasteiger partial charge in [0.15, 0.2) is 0 Å². The molecule has 1 amide bonds. The van der Waals surface area contributed by atoms with Crippen molar-refractivity contribution in [1.82, 2.24) is 10.2 Å². The van der Waals surface area contributed by atoms with E-state index in [-0.39, 0.29) is 0 Å². The van der Waals surface area contributed by atoms with E-state index in [1.165, 1.54) is 12.7 Å². The highest BCUT2D eigenvalue weighted by molar-refractivity contribution is 5.69. The first-order chi connectivity index (χ1) is 9.19. The van der Waals surface area contributed by atoms with Gasteiger partial charge in [-0.25, -0.2) is 4.79 Å². The van der Waals surface area contributed by atoms with Crippen LogP contribution in [0.25, 0.3) is 0 Å². The molecule has 1 heterocycles. The number of nitrogens with one attached hydrogen (secondary N) is 1. The zero-order valence-corrected chi connectivity index (χ0v) is 11.4. The Hall–Kier alpha value is -1.97. The number of ether oxygens (including phenoxy) is 1. The molecule has 0 fully saturated rings. The molecule has 1 aliphatic heterocycles. The third-order valence-corrected chi connectivity index (χ3v) is 3.36. The van der Waals surface area contributed by atoms with Gasteiger partial charge in [0, 0.05) is 25.0 Å². The van der Waals surface area contributed by atoms with Crippen molar-refractivity contribution in [2.24, 2.45) is 5.92 Å². The summed E-state index contributed by atoms with van der Waals surface area (Å²) in [5, 5.41) is 2.79. The van der Waals surface area contributed by atoms with Crippen molar-refractivity contribution in [3.63, 3.8) is 0 Å². The Morgan fingerprint density at radius 2 is 2.16 bits per heavy atom. The minimum absolute atomic E-state index is 0.353. The van der Waals surface area contributed by atoms with Gasteiger partial charge in [0.25, 0.3) is 0 Å². The second kappa shape index (κ2) is 6.27. The van der Waals surface area contributed by atoms with Crippen LogP contribution in [0.5, 0.6) is 0 Å². The van der Waals surface area contributed by atoms with Gasteiger partial charge >= 0.3 is 6.09 Å². The lowest BCUT2D eigenvalue weighted by Crippen LogP contribution is -2.34. The lowest BCUT2D eigenvalue weighted by Gasteiger charge is -2.30. The average Bonchev–Trinajstić information content (AvgIpc) is 2.43. The lowest BCUT2D eigenvalue weighted by atomic mass is 10.0. The van der Waals surface area contributed by atoms with E-state index in [1.807, 2.05) is 24.4 Å². The predicted octanol–water partition coefficient (Wildman–Crippen LogP) is 2.73. The fraction of sp³-hybridized carbons (Fsp3) is 0.400. The summed E-state index contributed by atoms with van der Waals surface area (Å²) < 4.78 is 4.65. The zero-order valence-electron chi connectivity index (χ0n) is 11.4. The quantitative estimate of drug-likeness (QED) is 0.908. The molecule has 1 N–H and O–H groups in total. The van der Waals surface area contributed by atoms with Gasteiger partial charge in [-0.3, -0.25) is 5.32 Å². The number of nitrogens with zero attached hydrogens (tertiary/aromatic N) is 1. The molecule has 0 spiro atoms. The Morgan fingerprint density at radius 1 is 1.42 bits per heavy atom. The first kappa shape index (κ1) is 13.5. The van der Waals surface area contributed by atoms with Gasteiger partial charge in [0.2, 0.25) is 0 Å². The number of alkyl carbamates (subject to hydrolysis) is 1. The fourth-order valence-corrected chi connectivity index (χ4v) is 2.17. The number of hydrogen-bond acceptors (Lipinski definition) is 3. The molecule has 0 saturated carbocycles. The van der Waals surface area contributed by atoms with E-state index in [0.717, 1.165) is 25.2 Å². The molecule has 2 rings (SSSR count). The van der Waals surface area contributed by atoms with Gasteiger partial charge in [-0.05, 0) is 17.9 Å². The highest BCUT2D eigenvalue weighted by Gasteiger charge is 2.19. The molecule has 19 heavy (non-hydrogen) atoms. The van der Waals surface area contributed by atoms with Crippen LogP contribution in [0, 0.1) is 5.92 Å². The number of hydrogen-bond donors (Lipinski definition) is 1. The number of rotatable bonds is 3. The summed E-state index contributed by atoms with van der Waals surface area (Å²) in [5.41, 5.74) is 2.19. The normalized spacial score (nSPS) is 18.7.